The summed E-state index contributed by atoms with van der Waals surface area (Å²) in [4.78, 5) is 0. The van der Waals surface area contributed by atoms with Gasteiger partial charge in [-0.05, 0) is 0 Å². The van der Waals surface area contributed by atoms with Crippen molar-refractivity contribution in [3.8, 4) is 0 Å². The van der Waals surface area contributed by atoms with Crippen molar-refractivity contribution < 1.29 is 92.8 Å². The van der Waals surface area contributed by atoms with Gasteiger partial charge in [0.2, 0.25) is 0 Å². The van der Waals surface area contributed by atoms with Crippen LogP contribution in [-0.2, 0) is 92.8 Å². The molecule has 0 aromatic rings. The van der Waals surface area contributed by atoms with Crippen molar-refractivity contribution in [3.05, 3.63) is 0 Å². The van der Waals surface area contributed by atoms with Crippen LogP contribution in [0.1, 0.15) is 0 Å². The summed E-state index contributed by atoms with van der Waals surface area (Å²) in [6, 6.07) is 0. The molecular weight excluding hydrogens is 344 g/mol. The normalized spacial score (nSPS) is 0. The molecule has 0 atom stereocenters. The largest absolute Gasteiger partial charge is 0 e. The van der Waals surface area contributed by atoms with Crippen LogP contribution in [0.15, 0.2) is 0 Å². The molecule has 0 nitrogen and oxygen atoms in total. The van der Waals surface area contributed by atoms with Gasteiger partial charge in [0.05, 0.1) is 0 Å². The second kappa shape index (κ2) is 16.5. The Labute approximate surface area is 91.0 Å². The molecule has 4 heavy (non-hydrogen) atoms. The summed E-state index contributed by atoms with van der Waals surface area (Å²) in [6.45, 7) is 0. The summed E-state index contributed by atoms with van der Waals surface area (Å²) >= 11 is 0. The van der Waals surface area contributed by atoms with Gasteiger partial charge in [-0.3, -0.25) is 0 Å². The minimum absolute atomic E-state index is 0. The summed E-state index contributed by atoms with van der Waals surface area (Å²) < 4.78 is 0. The van der Waals surface area contributed by atoms with Crippen LogP contribution in [0.5, 0.6) is 0 Å². The molecule has 14 valence electrons. The molecule has 0 bridgehead atoms. The Hall–Kier alpha value is 3.08. The molecule has 0 aliphatic rings. The fraction of sp³-hybridized carbons (Fsp3) is 0. The van der Waals surface area contributed by atoms with Crippen LogP contribution < -0.4 is 0 Å². The maximum Gasteiger partial charge on any atom is 0 e. The van der Waals surface area contributed by atoms with E-state index in [2.05, 4.69) is 0 Å². The van der Waals surface area contributed by atoms with Crippen LogP contribution in [0.2, 0.25) is 0 Å². The molecule has 0 amide bonds. The Balaban J connectivity index is 0. The summed E-state index contributed by atoms with van der Waals surface area (Å²) in [5.41, 5.74) is 0. The predicted molar refractivity (Wildman–Crippen MR) is 0 cm³/mol. The molecule has 0 aliphatic carbocycles. The molecule has 4 heteroatoms. The van der Waals surface area contributed by atoms with Gasteiger partial charge in [-0.25, -0.2) is 0 Å². The molecule has 0 saturated carbocycles. The zero-order valence-electron chi connectivity index (χ0n) is 2.21. The zero-order valence-corrected chi connectivity index (χ0v) is 12.4. The molecule has 0 rings (SSSR count). The molecule has 0 aromatic carbocycles. The molecule has 0 aliphatic heterocycles. The predicted octanol–water partition coefficient (Wildman–Crippen LogP) is -0.0100. The Morgan fingerprint density at radius 3 is 0.500 bits per heavy atom. The van der Waals surface area contributed by atoms with Gasteiger partial charge in [-0.15, -0.1) is 0 Å². The topological polar surface area (TPSA) is 0 Å². The third-order valence-corrected chi connectivity index (χ3v) is 0. The van der Waals surface area contributed by atoms with E-state index < -0.39 is 0 Å². The Bertz CT molecular complexity index is 3.25. The van der Waals surface area contributed by atoms with Crippen LogP contribution >= 0.6 is 0 Å². The van der Waals surface area contributed by atoms with Crippen LogP contribution in [0, 0.1) is 0 Å². The Kier molecular flexibility index (Phi) is 114. The van der Waals surface area contributed by atoms with Crippen molar-refractivity contribution in [2.75, 3.05) is 0 Å². The van der Waals surface area contributed by atoms with E-state index in [-0.39, 0.29) is 92.8 Å². The smallest absolute Gasteiger partial charge is 0 e. The average molecular weight is 344 g/mol. The quantitative estimate of drug-likeness (QED) is 0.543. The maximum absolute atomic E-state index is 0. The van der Waals surface area contributed by atoms with Crippen LogP contribution in [-0.4, -0.2) is 0 Å². The van der Waals surface area contributed by atoms with Gasteiger partial charge in [0.25, 0.3) is 0 Å². The second-order valence-electron chi connectivity index (χ2n) is 0. The Morgan fingerprint density at radius 1 is 0.500 bits per heavy atom. The summed E-state index contributed by atoms with van der Waals surface area (Å²) in [7, 11) is 0. The van der Waals surface area contributed by atoms with E-state index in [1.165, 1.54) is 0 Å². The van der Waals surface area contributed by atoms with E-state index in [4.69, 9.17) is 0 Å². The van der Waals surface area contributed by atoms with E-state index in [0.717, 1.165) is 0 Å². The molecule has 0 saturated heterocycles. The van der Waals surface area contributed by atoms with Gasteiger partial charge < -0.3 is 0 Å². The van der Waals surface area contributed by atoms with Crippen LogP contribution in [0.4, 0.5) is 0 Å². The third-order valence-electron chi connectivity index (χ3n) is 0. The fourth-order valence-electron chi connectivity index (χ4n) is 0. The van der Waals surface area contributed by atoms with Crippen molar-refractivity contribution >= 4 is 0 Å². The van der Waals surface area contributed by atoms with E-state index in [1.807, 2.05) is 0 Å². The first-order valence-electron chi connectivity index (χ1n) is 0. The average Bonchev–Trinajstić information content (AvgIpc) is 0. The van der Waals surface area contributed by atoms with E-state index >= 15 is 0 Å². The molecule has 0 aromatic heterocycles. The second-order valence-corrected chi connectivity index (χ2v) is 0. The first-order valence-corrected chi connectivity index (χ1v) is 0. The van der Waals surface area contributed by atoms with Crippen LogP contribution in [0.3, 0.4) is 0 Å². The molecule has 0 N–H and O–H groups in total. The standard InChI is InChI=1S/Hg.3Ti. The summed E-state index contributed by atoms with van der Waals surface area (Å²) in [6.07, 6.45) is 0. The van der Waals surface area contributed by atoms with Crippen molar-refractivity contribution in [2.24, 2.45) is 0 Å². The van der Waals surface area contributed by atoms with Crippen LogP contribution in [0.25, 0.3) is 0 Å². The first-order chi connectivity index (χ1) is 0. The first kappa shape index (κ1) is 27.6. The zero-order chi connectivity index (χ0) is 0. The summed E-state index contributed by atoms with van der Waals surface area (Å²) in [5.74, 6) is 0. The van der Waals surface area contributed by atoms with Crippen molar-refractivity contribution in [3.63, 3.8) is 0 Å². The minimum Gasteiger partial charge on any atom is 0 e. The number of hydrogen-bond acceptors (Lipinski definition) is 0. The molecule has 0 spiro atoms. The summed E-state index contributed by atoms with van der Waals surface area (Å²) in [5, 5.41) is 0. The van der Waals surface area contributed by atoms with Gasteiger partial charge in [-0.2, -0.15) is 0 Å². The minimum atomic E-state index is 0. The molecule has 0 fully saturated rings. The Morgan fingerprint density at radius 2 is 0.500 bits per heavy atom. The van der Waals surface area contributed by atoms with Gasteiger partial charge >= 0.3 is 0 Å². The fourth-order valence-corrected chi connectivity index (χ4v) is 0. The van der Waals surface area contributed by atoms with E-state index in [9.17, 15) is 0 Å². The van der Waals surface area contributed by atoms with E-state index in [1.54, 1.807) is 0 Å². The third kappa shape index (κ3) is 8.91. The number of rotatable bonds is 0. The van der Waals surface area contributed by atoms with Crippen molar-refractivity contribution in [1.29, 1.82) is 0 Å². The van der Waals surface area contributed by atoms with Gasteiger partial charge in [-0.1, -0.05) is 0 Å². The van der Waals surface area contributed by atoms with Gasteiger partial charge in [0.1, 0.15) is 0 Å². The monoisotopic (exact) mass is 346 g/mol. The van der Waals surface area contributed by atoms with Gasteiger partial charge in [0.15, 0.2) is 0 Å². The molecule has 0 radical (unpaired) electrons. The van der Waals surface area contributed by atoms with E-state index in [0.29, 0.717) is 0 Å². The molecular formula is HgTi3. The molecule has 0 heterocycles. The molecule has 0 unspecified atom stereocenters. The number of hydrogen-bond donors (Lipinski definition) is 0. The SMILES string of the molecule is [Hg].[Ti].[Ti].[Ti]. The maximum atomic E-state index is 0. The van der Waals surface area contributed by atoms with Crippen molar-refractivity contribution in [2.45, 2.75) is 0 Å². The van der Waals surface area contributed by atoms with Gasteiger partial charge in [0, 0.05) is 92.8 Å². The van der Waals surface area contributed by atoms with Crippen molar-refractivity contribution in [1.82, 2.24) is 0 Å².